The van der Waals surface area contributed by atoms with Gasteiger partial charge in [-0.3, -0.25) is 0 Å². The number of unbranched alkanes of at least 4 members (excludes halogenated alkanes) is 2. The molecule has 0 amide bonds. The van der Waals surface area contributed by atoms with E-state index in [4.69, 9.17) is 5.73 Å². The Labute approximate surface area is 62.8 Å². The Morgan fingerprint density at radius 3 is 2.12 bits per heavy atom. The first-order valence-electron chi connectivity index (χ1n) is 2.72. The highest BCUT2D eigenvalue weighted by molar-refractivity contribution is 7.80. The van der Waals surface area contributed by atoms with E-state index in [9.17, 15) is 0 Å². The van der Waals surface area contributed by atoms with Crippen molar-refractivity contribution in [3.8, 4) is 0 Å². The third-order valence-corrected chi connectivity index (χ3v) is 1.18. The zero-order chi connectivity index (χ0) is 5.54. The molecule has 0 aromatic carbocycles. The lowest BCUT2D eigenvalue weighted by Crippen LogP contribution is -1.97. The Morgan fingerprint density at radius 1 is 1.12 bits per heavy atom. The quantitative estimate of drug-likeness (QED) is 0.467. The van der Waals surface area contributed by atoms with Crippen LogP contribution in [0, 0.1) is 0 Å². The molecule has 3 heteroatoms. The molecule has 0 spiro atoms. The Bertz CT molecular complexity index is 31.6. The van der Waals surface area contributed by atoms with E-state index in [0.29, 0.717) is 0 Å². The Kier molecular flexibility index (Phi) is 15.0. The molecule has 0 unspecified atom stereocenters. The van der Waals surface area contributed by atoms with Gasteiger partial charge >= 0.3 is 0 Å². The summed E-state index contributed by atoms with van der Waals surface area (Å²) in [5.74, 6) is 1.00. The molecule has 0 aliphatic heterocycles. The molecule has 0 bridgehead atoms. The third kappa shape index (κ3) is 9.78. The summed E-state index contributed by atoms with van der Waals surface area (Å²) in [5.41, 5.74) is 5.24. The highest BCUT2D eigenvalue weighted by atomic mass is 35.5. The lowest BCUT2D eigenvalue weighted by Gasteiger charge is -1.90. The van der Waals surface area contributed by atoms with Crippen molar-refractivity contribution >= 4 is 25.0 Å². The average Bonchev–Trinajstić information content (AvgIpc) is 1.69. The Hall–Kier alpha value is 0.600. The number of hydrogen-bond donors (Lipinski definition) is 2. The molecule has 0 aromatic heterocycles. The van der Waals surface area contributed by atoms with Gasteiger partial charge in [0.15, 0.2) is 0 Å². The summed E-state index contributed by atoms with van der Waals surface area (Å²) >= 11 is 4.05. The van der Waals surface area contributed by atoms with Crippen molar-refractivity contribution in [3.63, 3.8) is 0 Å². The van der Waals surface area contributed by atoms with Crippen molar-refractivity contribution in [2.75, 3.05) is 12.3 Å². The zero-order valence-electron chi connectivity index (χ0n) is 4.97. The van der Waals surface area contributed by atoms with Gasteiger partial charge in [-0.15, -0.1) is 12.4 Å². The van der Waals surface area contributed by atoms with E-state index in [1.165, 1.54) is 12.8 Å². The van der Waals surface area contributed by atoms with Crippen molar-refractivity contribution in [3.05, 3.63) is 0 Å². The predicted molar refractivity (Wildman–Crippen MR) is 44.0 cm³/mol. The van der Waals surface area contributed by atoms with Crippen LogP contribution >= 0.6 is 25.0 Å². The summed E-state index contributed by atoms with van der Waals surface area (Å²) in [6, 6.07) is 0. The molecule has 0 radical (unpaired) electrons. The van der Waals surface area contributed by atoms with Crippen LogP contribution in [0.2, 0.25) is 0 Å². The molecule has 0 atom stereocenters. The van der Waals surface area contributed by atoms with Crippen molar-refractivity contribution in [2.45, 2.75) is 19.3 Å². The van der Waals surface area contributed by atoms with Crippen molar-refractivity contribution in [2.24, 2.45) is 5.73 Å². The molecule has 0 heterocycles. The van der Waals surface area contributed by atoms with Crippen molar-refractivity contribution in [1.29, 1.82) is 0 Å². The number of thiol groups is 1. The molecule has 2 N–H and O–H groups in total. The van der Waals surface area contributed by atoms with Gasteiger partial charge in [0, 0.05) is 0 Å². The molecule has 8 heavy (non-hydrogen) atoms. The second-order valence-electron chi connectivity index (χ2n) is 1.57. The van der Waals surface area contributed by atoms with Crippen LogP contribution in [0.3, 0.4) is 0 Å². The van der Waals surface area contributed by atoms with Gasteiger partial charge in [0.25, 0.3) is 0 Å². The summed E-state index contributed by atoms with van der Waals surface area (Å²) in [6.45, 7) is 0.827. The van der Waals surface area contributed by atoms with Crippen molar-refractivity contribution < 1.29 is 0 Å². The smallest absolute Gasteiger partial charge is 0.00773 e. The number of hydrogen-bond acceptors (Lipinski definition) is 2. The summed E-state index contributed by atoms with van der Waals surface area (Å²) in [7, 11) is 0. The minimum Gasteiger partial charge on any atom is -0.330 e. The third-order valence-electron chi connectivity index (χ3n) is 0.862. The molecule has 0 fully saturated rings. The highest BCUT2D eigenvalue weighted by Gasteiger charge is 1.80. The van der Waals surface area contributed by atoms with Crippen LogP contribution < -0.4 is 5.73 Å². The van der Waals surface area contributed by atoms with Gasteiger partial charge in [-0.2, -0.15) is 12.6 Å². The molecule has 0 saturated heterocycles. The molecule has 1 nitrogen and oxygen atoms in total. The SMILES string of the molecule is Cl.NCCCCCS. The normalized spacial score (nSPS) is 8.25. The summed E-state index contributed by atoms with van der Waals surface area (Å²) in [5, 5.41) is 0. The second kappa shape index (κ2) is 10.6. The van der Waals surface area contributed by atoms with Crippen LogP contribution in [0.15, 0.2) is 0 Å². The number of rotatable bonds is 4. The fourth-order valence-corrected chi connectivity index (χ4v) is 0.657. The van der Waals surface area contributed by atoms with Crippen LogP contribution in [0.1, 0.15) is 19.3 Å². The van der Waals surface area contributed by atoms with Crippen molar-refractivity contribution in [1.82, 2.24) is 0 Å². The molecule has 0 aromatic rings. The fraction of sp³-hybridized carbons (Fsp3) is 1.00. The monoisotopic (exact) mass is 155 g/mol. The zero-order valence-corrected chi connectivity index (χ0v) is 6.68. The first-order valence-corrected chi connectivity index (χ1v) is 3.36. The first kappa shape index (κ1) is 11.4. The summed E-state index contributed by atoms with van der Waals surface area (Å²) in [6.07, 6.45) is 3.60. The van der Waals surface area contributed by atoms with Crippen LogP contribution in [0.4, 0.5) is 0 Å². The van der Waals surface area contributed by atoms with E-state index in [-0.39, 0.29) is 12.4 Å². The molecule has 52 valence electrons. The topological polar surface area (TPSA) is 26.0 Å². The maximum absolute atomic E-state index is 5.24. The minimum absolute atomic E-state index is 0. The van der Waals surface area contributed by atoms with E-state index < -0.39 is 0 Å². The Morgan fingerprint density at radius 2 is 1.75 bits per heavy atom. The lowest BCUT2D eigenvalue weighted by molar-refractivity contribution is 0.733. The average molecular weight is 156 g/mol. The molecule has 0 rings (SSSR count). The maximum Gasteiger partial charge on any atom is -0.00773 e. The fourth-order valence-electron chi connectivity index (χ4n) is 0.433. The summed E-state index contributed by atoms with van der Waals surface area (Å²) < 4.78 is 0. The largest absolute Gasteiger partial charge is 0.330 e. The maximum atomic E-state index is 5.24. The predicted octanol–water partition coefficient (Wildman–Crippen LogP) is 1.47. The molecular weight excluding hydrogens is 142 g/mol. The second-order valence-corrected chi connectivity index (χ2v) is 2.02. The number of halogens is 1. The highest BCUT2D eigenvalue weighted by Crippen LogP contribution is 1.93. The molecule has 0 saturated carbocycles. The minimum atomic E-state index is 0. The van der Waals surface area contributed by atoms with Gasteiger partial charge in [-0.1, -0.05) is 6.42 Å². The molecular formula is C5H14ClNS. The van der Waals surface area contributed by atoms with Crippen LogP contribution in [0.5, 0.6) is 0 Å². The van der Waals surface area contributed by atoms with Crippen LogP contribution in [-0.2, 0) is 0 Å². The standard InChI is InChI=1S/C5H13NS.ClH/c6-4-2-1-3-5-7;/h7H,1-6H2;1H. The summed E-state index contributed by atoms with van der Waals surface area (Å²) in [4.78, 5) is 0. The van der Waals surface area contributed by atoms with Gasteiger partial charge < -0.3 is 5.73 Å². The van der Waals surface area contributed by atoms with Gasteiger partial charge in [0.1, 0.15) is 0 Å². The lowest BCUT2D eigenvalue weighted by atomic mass is 10.2. The number of nitrogens with two attached hydrogens (primary N) is 1. The van der Waals surface area contributed by atoms with E-state index in [1.807, 2.05) is 0 Å². The van der Waals surface area contributed by atoms with E-state index in [0.717, 1.165) is 18.7 Å². The van der Waals surface area contributed by atoms with E-state index in [2.05, 4.69) is 12.6 Å². The van der Waals surface area contributed by atoms with Crippen LogP contribution in [0.25, 0.3) is 0 Å². The van der Waals surface area contributed by atoms with Gasteiger partial charge in [0.05, 0.1) is 0 Å². The van der Waals surface area contributed by atoms with E-state index >= 15 is 0 Å². The van der Waals surface area contributed by atoms with Gasteiger partial charge in [-0.25, -0.2) is 0 Å². The molecule has 0 aliphatic carbocycles. The van der Waals surface area contributed by atoms with E-state index in [1.54, 1.807) is 0 Å². The first-order chi connectivity index (χ1) is 3.41. The Balaban J connectivity index is 0. The molecule has 0 aliphatic rings. The van der Waals surface area contributed by atoms with Gasteiger partial charge in [0.2, 0.25) is 0 Å². The van der Waals surface area contributed by atoms with Gasteiger partial charge in [-0.05, 0) is 25.1 Å². The van der Waals surface area contributed by atoms with Crippen LogP contribution in [-0.4, -0.2) is 12.3 Å².